The molecule has 2 aliphatic carbocycles. The van der Waals surface area contributed by atoms with Crippen molar-refractivity contribution in [3.8, 4) is 0 Å². The van der Waals surface area contributed by atoms with Gasteiger partial charge in [-0.3, -0.25) is 9.59 Å². The summed E-state index contributed by atoms with van der Waals surface area (Å²) in [5, 5.41) is 0. The van der Waals surface area contributed by atoms with Gasteiger partial charge in [-0.2, -0.15) is 0 Å². The number of esters is 2. The Bertz CT molecular complexity index is 880. The molecule has 7 nitrogen and oxygen atoms in total. The summed E-state index contributed by atoms with van der Waals surface area (Å²) in [4.78, 5) is 24.2. The highest BCUT2D eigenvalue weighted by Crippen LogP contribution is 2.73. The molecular weight excluding hydrogens is 400 g/mol. The van der Waals surface area contributed by atoms with Gasteiger partial charge in [-0.05, 0) is 44.6 Å². The third-order valence-electron chi connectivity index (χ3n) is 9.02. The van der Waals surface area contributed by atoms with Crippen LogP contribution in [0.15, 0.2) is 23.0 Å². The summed E-state index contributed by atoms with van der Waals surface area (Å²) in [5.41, 5.74) is -0.0632. The van der Waals surface area contributed by atoms with Crippen molar-refractivity contribution in [1.29, 1.82) is 0 Å². The first kappa shape index (κ1) is 21.0. The molecule has 170 valence electrons. The van der Waals surface area contributed by atoms with E-state index in [-0.39, 0.29) is 53.1 Å². The second-order valence-electron chi connectivity index (χ2n) is 10.3. The standard InChI is InChI=1S/C24H32O7/c1-13-17(28-14(2)25)10-22(4)19(6-7-20-23(22,5)31-20)24(13)11-18(16-8-9-27-12-16)30-21(24)29-15(3)26/h8-9,12-13,17-21H,6-7,10-11H2,1-5H3/t13-,17-,18-,19+,20-,21+,22-,23-,24+/m0/s1. The Hall–Kier alpha value is -1.86. The largest absolute Gasteiger partial charge is 0.472 e. The zero-order chi connectivity index (χ0) is 22.2. The van der Waals surface area contributed by atoms with E-state index in [9.17, 15) is 9.59 Å². The zero-order valence-electron chi connectivity index (χ0n) is 18.9. The van der Waals surface area contributed by atoms with Crippen molar-refractivity contribution in [1.82, 2.24) is 0 Å². The van der Waals surface area contributed by atoms with Crippen LogP contribution in [0.3, 0.4) is 0 Å². The fraction of sp³-hybridized carbons (Fsp3) is 0.750. The maximum atomic E-state index is 12.1. The molecule has 1 spiro atoms. The van der Waals surface area contributed by atoms with Crippen LogP contribution in [-0.4, -0.2) is 36.0 Å². The van der Waals surface area contributed by atoms with Crippen molar-refractivity contribution in [3.63, 3.8) is 0 Å². The van der Waals surface area contributed by atoms with E-state index in [4.69, 9.17) is 23.4 Å². The van der Waals surface area contributed by atoms with E-state index in [2.05, 4.69) is 20.8 Å². The maximum Gasteiger partial charge on any atom is 0.304 e. The van der Waals surface area contributed by atoms with E-state index in [1.807, 2.05) is 6.07 Å². The highest BCUT2D eigenvalue weighted by Gasteiger charge is 2.77. The van der Waals surface area contributed by atoms with Gasteiger partial charge in [0, 0.05) is 36.2 Å². The molecule has 0 aromatic carbocycles. The first-order chi connectivity index (χ1) is 14.6. The molecule has 3 heterocycles. The molecule has 4 aliphatic rings. The molecule has 0 bridgehead atoms. The van der Waals surface area contributed by atoms with Gasteiger partial charge in [0.25, 0.3) is 0 Å². The third-order valence-corrected chi connectivity index (χ3v) is 9.02. The van der Waals surface area contributed by atoms with Crippen LogP contribution < -0.4 is 0 Å². The zero-order valence-corrected chi connectivity index (χ0v) is 18.9. The first-order valence-corrected chi connectivity index (χ1v) is 11.3. The predicted molar refractivity (Wildman–Crippen MR) is 109 cm³/mol. The Balaban J connectivity index is 1.62. The Morgan fingerprint density at radius 3 is 2.48 bits per heavy atom. The molecule has 4 fully saturated rings. The van der Waals surface area contributed by atoms with Crippen LogP contribution in [0, 0.1) is 22.7 Å². The van der Waals surface area contributed by atoms with Gasteiger partial charge < -0.3 is 23.4 Å². The van der Waals surface area contributed by atoms with Crippen molar-refractivity contribution >= 4 is 11.9 Å². The average Bonchev–Trinajstić information content (AvgIpc) is 3.05. The number of carbonyl (C=O) groups is 2. The number of carbonyl (C=O) groups excluding carboxylic acids is 2. The summed E-state index contributed by atoms with van der Waals surface area (Å²) >= 11 is 0. The van der Waals surface area contributed by atoms with Gasteiger partial charge >= 0.3 is 11.9 Å². The molecule has 9 atom stereocenters. The SMILES string of the molecule is CC(=O)O[C@@H]1O[C@H](c2ccoc2)C[C@]12[C@@H](C)[C@@H](OC(C)=O)C[C@@]1(C)[C@H]2CC[C@@H]2O[C@@]21C. The highest BCUT2D eigenvalue weighted by molar-refractivity contribution is 5.66. The number of fused-ring (bicyclic) bond motifs is 4. The lowest BCUT2D eigenvalue weighted by Crippen LogP contribution is -2.64. The number of furan rings is 1. The Morgan fingerprint density at radius 2 is 1.84 bits per heavy atom. The number of hydrogen-bond acceptors (Lipinski definition) is 7. The van der Waals surface area contributed by atoms with Crippen LogP contribution in [0.2, 0.25) is 0 Å². The molecule has 1 aromatic rings. The second kappa shape index (κ2) is 6.82. The minimum absolute atomic E-state index is 0.0466. The average molecular weight is 433 g/mol. The van der Waals surface area contributed by atoms with Crippen molar-refractivity contribution in [3.05, 3.63) is 24.2 Å². The highest BCUT2D eigenvalue weighted by atomic mass is 16.7. The third kappa shape index (κ3) is 2.85. The molecular formula is C24H32O7. The monoisotopic (exact) mass is 432 g/mol. The molecule has 2 aliphatic heterocycles. The predicted octanol–water partition coefficient (Wildman–Crippen LogP) is 4.16. The van der Waals surface area contributed by atoms with Crippen molar-refractivity contribution in [2.75, 3.05) is 0 Å². The maximum absolute atomic E-state index is 12.1. The second-order valence-corrected chi connectivity index (χ2v) is 10.3. The number of hydrogen-bond donors (Lipinski definition) is 0. The number of rotatable bonds is 3. The summed E-state index contributed by atoms with van der Waals surface area (Å²) in [6.45, 7) is 9.43. The van der Waals surface area contributed by atoms with Crippen molar-refractivity contribution in [2.24, 2.45) is 22.7 Å². The van der Waals surface area contributed by atoms with E-state index in [1.165, 1.54) is 13.8 Å². The molecule has 5 rings (SSSR count). The van der Waals surface area contributed by atoms with Gasteiger partial charge in [-0.25, -0.2) is 0 Å². The van der Waals surface area contributed by atoms with Crippen LogP contribution in [0.1, 0.15) is 72.0 Å². The molecule has 2 saturated heterocycles. The van der Waals surface area contributed by atoms with Crippen molar-refractivity contribution < 1.29 is 33.0 Å². The van der Waals surface area contributed by atoms with E-state index in [0.717, 1.165) is 24.8 Å². The minimum Gasteiger partial charge on any atom is -0.472 e. The lowest BCUT2D eigenvalue weighted by atomic mass is 9.43. The molecule has 2 saturated carbocycles. The lowest BCUT2D eigenvalue weighted by molar-refractivity contribution is -0.249. The Labute approximate surface area is 182 Å². The van der Waals surface area contributed by atoms with Gasteiger partial charge in [0.1, 0.15) is 6.10 Å². The summed E-state index contributed by atoms with van der Waals surface area (Å²) in [7, 11) is 0. The quantitative estimate of drug-likeness (QED) is 0.523. The smallest absolute Gasteiger partial charge is 0.304 e. The molecule has 7 heteroatoms. The van der Waals surface area contributed by atoms with Crippen molar-refractivity contribution in [2.45, 2.75) is 90.5 Å². The normalized spacial score (nSPS) is 48.0. The summed E-state index contributed by atoms with van der Waals surface area (Å²) in [6, 6.07) is 1.90. The molecule has 0 radical (unpaired) electrons. The van der Waals surface area contributed by atoms with E-state index in [0.29, 0.717) is 6.42 Å². The van der Waals surface area contributed by atoms with Gasteiger partial charge in [0.2, 0.25) is 6.29 Å². The fourth-order valence-corrected chi connectivity index (χ4v) is 7.29. The van der Waals surface area contributed by atoms with Crippen LogP contribution in [0.5, 0.6) is 0 Å². The molecule has 0 N–H and O–H groups in total. The fourth-order valence-electron chi connectivity index (χ4n) is 7.29. The molecule has 1 aromatic heterocycles. The lowest BCUT2D eigenvalue weighted by Gasteiger charge is -2.61. The van der Waals surface area contributed by atoms with Crippen LogP contribution in [-0.2, 0) is 28.5 Å². The number of epoxide rings is 1. The summed E-state index contributed by atoms with van der Waals surface area (Å²) < 4.78 is 29.7. The van der Waals surface area contributed by atoms with Gasteiger partial charge in [0.15, 0.2) is 0 Å². The van der Waals surface area contributed by atoms with E-state index < -0.39 is 11.7 Å². The molecule has 31 heavy (non-hydrogen) atoms. The summed E-state index contributed by atoms with van der Waals surface area (Å²) in [5.74, 6) is -0.512. The van der Waals surface area contributed by atoms with Gasteiger partial charge in [-0.1, -0.05) is 13.8 Å². The minimum atomic E-state index is -0.721. The Morgan fingerprint density at radius 1 is 1.10 bits per heavy atom. The van der Waals surface area contributed by atoms with E-state index >= 15 is 0 Å². The van der Waals surface area contributed by atoms with Crippen LogP contribution in [0.25, 0.3) is 0 Å². The van der Waals surface area contributed by atoms with Crippen LogP contribution in [0.4, 0.5) is 0 Å². The van der Waals surface area contributed by atoms with Crippen LogP contribution >= 0.6 is 0 Å². The molecule has 0 amide bonds. The van der Waals surface area contributed by atoms with Gasteiger partial charge in [0.05, 0.1) is 30.3 Å². The summed E-state index contributed by atoms with van der Waals surface area (Å²) in [6.07, 6.45) is 5.62. The van der Waals surface area contributed by atoms with Gasteiger partial charge in [-0.15, -0.1) is 0 Å². The topological polar surface area (TPSA) is 87.5 Å². The first-order valence-electron chi connectivity index (χ1n) is 11.3. The van der Waals surface area contributed by atoms with E-state index in [1.54, 1.807) is 12.5 Å². The number of ether oxygens (including phenoxy) is 4. The molecule has 0 unspecified atom stereocenters. The Kier molecular flexibility index (Phi) is 4.62.